The van der Waals surface area contributed by atoms with Crippen molar-refractivity contribution in [1.82, 2.24) is 0 Å². The summed E-state index contributed by atoms with van der Waals surface area (Å²) in [6.45, 7) is 0. The van der Waals surface area contributed by atoms with Crippen molar-refractivity contribution in [3.63, 3.8) is 0 Å². The summed E-state index contributed by atoms with van der Waals surface area (Å²) in [5.41, 5.74) is 1.09. The molecule has 0 spiro atoms. The molecule has 3 heteroatoms. The fourth-order valence-electron chi connectivity index (χ4n) is 0.742. The van der Waals surface area contributed by atoms with Gasteiger partial charge in [-0.05, 0) is 29.5 Å². The van der Waals surface area contributed by atoms with Crippen molar-refractivity contribution in [3.05, 3.63) is 34.9 Å². The van der Waals surface area contributed by atoms with Crippen LogP contribution in [0.4, 0.5) is 0 Å². The third kappa shape index (κ3) is 2.83. The summed E-state index contributed by atoms with van der Waals surface area (Å²) in [6.07, 6.45) is 0. The predicted molar refractivity (Wildman–Crippen MR) is 48.4 cm³/mol. The monoisotopic (exact) mass is 183 g/mol. The van der Waals surface area contributed by atoms with Crippen molar-refractivity contribution in [1.29, 1.82) is 5.26 Å². The minimum atomic E-state index is 0.705. The van der Waals surface area contributed by atoms with Crippen LogP contribution in [0.2, 0.25) is 5.02 Å². The Labute approximate surface area is 75.0 Å². The molecule has 0 N–H and O–H groups in total. The zero-order valence-electron chi connectivity index (χ0n) is 5.75. The minimum absolute atomic E-state index is 0.705. The second-order valence-corrected chi connectivity index (χ2v) is 3.21. The van der Waals surface area contributed by atoms with E-state index in [-0.39, 0.29) is 0 Å². The van der Waals surface area contributed by atoms with Gasteiger partial charge >= 0.3 is 0 Å². The Kier molecular flexibility index (Phi) is 3.28. The first kappa shape index (κ1) is 8.45. The molecular weight excluding hydrogens is 178 g/mol. The zero-order chi connectivity index (χ0) is 8.10. The number of thiocyanates is 1. The Morgan fingerprint density at radius 3 is 3.00 bits per heavy atom. The molecule has 1 nitrogen and oxygen atoms in total. The minimum Gasteiger partial charge on any atom is -0.185 e. The van der Waals surface area contributed by atoms with Gasteiger partial charge in [-0.1, -0.05) is 23.7 Å². The van der Waals surface area contributed by atoms with Crippen LogP contribution in [0.3, 0.4) is 0 Å². The number of nitriles is 1. The quantitative estimate of drug-likeness (QED) is 0.658. The largest absolute Gasteiger partial charge is 0.185 e. The van der Waals surface area contributed by atoms with E-state index in [9.17, 15) is 0 Å². The highest BCUT2D eigenvalue weighted by Crippen LogP contribution is 2.15. The molecular formula is C8H6ClNS. The molecule has 56 valence electrons. The van der Waals surface area contributed by atoms with E-state index < -0.39 is 0 Å². The molecule has 0 aliphatic heterocycles. The highest BCUT2D eigenvalue weighted by Gasteiger charge is 1.92. The molecule has 0 aliphatic carbocycles. The van der Waals surface area contributed by atoms with E-state index >= 15 is 0 Å². The topological polar surface area (TPSA) is 23.8 Å². The third-order valence-corrected chi connectivity index (χ3v) is 2.03. The number of thioether (sulfide) groups is 1. The van der Waals surface area contributed by atoms with Gasteiger partial charge in [0, 0.05) is 10.8 Å². The van der Waals surface area contributed by atoms with Crippen LogP contribution in [0.1, 0.15) is 5.56 Å². The lowest BCUT2D eigenvalue weighted by molar-refractivity contribution is 1.42. The lowest BCUT2D eigenvalue weighted by atomic mass is 10.2. The van der Waals surface area contributed by atoms with Crippen molar-refractivity contribution in [3.8, 4) is 5.40 Å². The Balaban J connectivity index is 2.65. The molecule has 0 saturated carbocycles. The molecule has 0 aliphatic rings. The molecule has 1 rings (SSSR count). The molecule has 0 saturated heterocycles. The first-order valence-electron chi connectivity index (χ1n) is 3.08. The van der Waals surface area contributed by atoms with Crippen LogP contribution in [0, 0.1) is 10.7 Å². The predicted octanol–water partition coefficient (Wildman–Crippen LogP) is 3.05. The van der Waals surface area contributed by atoms with Gasteiger partial charge in [0.25, 0.3) is 0 Å². The Hall–Kier alpha value is -0.650. The number of hydrogen-bond acceptors (Lipinski definition) is 2. The second-order valence-electron chi connectivity index (χ2n) is 2.01. The lowest BCUT2D eigenvalue weighted by Gasteiger charge is -1.95. The third-order valence-electron chi connectivity index (χ3n) is 1.19. The summed E-state index contributed by atoms with van der Waals surface area (Å²) in [5, 5.41) is 11.0. The normalized spacial score (nSPS) is 9.09. The van der Waals surface area contributed by atoms with Crippen LogP contribution >= 0.6 is 23.4 Å². The van der Waals surface area contributed by atoms with Crippen molar-refractivity contribution in [2.24, 2.45) is 0 Å². The van der Waals surface area contributed by atoms with Gasteiger partial charge in [0.15, 0.2) is 0 Å². The second kappa shape index (κ2) is 4.27. The fraction of sp³-hybridized carbons (Fsp3) is 0.125. The first-order valence-corrected chi connectivity index (χ1v) is 4.44. The maximum absolute atomic E-state index is 8.28. The van der Waals surface area contributed by atoms with Crippen LogP contribution in [0.15, 0.2) is 24.3 Å². The van der Waals surface area contributed by atoms with Gasteiger partial charge in [0.1, 0.15) is 5.40 Å². The van der Waals surface area contributed by atoms with E-state index in [0.29, 0.717) is 5.75 Å². The summed E-state index contributed by atoms with van der Waals surface area (Å²) in [7, 11) is 0. The van der Waals surface area contributed by atoms with Crippen molar-refractivity contribution >= 4 is 23.4 Å². The summed E-state index contributed by atoms with van der Waals surface area (Å²) < 4.78 is 0. The molecule has 0 heterocycles. The zero-order valence-corrected chi connectivity index (χ0v) is 7.32. The molecule has 0 amide bonds. The van der Waals surface area contributed by atoms with Gasteiger partial charge < -0.3 is 0 Å². The average molecular weight is 184 g/mol. The van der Waals surface area contributed by atoms with Crippen LogP contribution in [0.25, 0.3) is 0 Å². The summed E-state index contributed by atoms with van der Waals surface area (Å²) in [4.78, 5) is 0. The van der Waals surface area contributed by atoms with Gasteiger partial charge in [-0.25, -0.2) is 0 Å². The van der Waals surface area contributed by atoms with E-state index in [4.69, 9.17) is 16.9 Å². The molecule has 0 fully saturated rings. The average Bonchev–Trinajstić information content (AvgIpc) is 2.01. The van der Waals surface area contributed by atoms with Crippen LogP contribution in [0.5, 0.6) is 0 Å². The van der Waals surface area contributed by atoms with E-state index in [1.54, 1.807) is 0 Å². The fourth-order valence-corrected chi connectivity index (χ4v) is 1.37. The number of halogens is 1. The first-order chi connectivity index (χ1) is 5.33. The van der Waals surface area contributed by atoms with Crippen molar-refractivity contribution < 1.29 is 0 Å². The molecule has 1 aromatic carbocycles. The number of nitrogens with zero attached hydrogens (tertiary/aromatic N) is 1. The lowest BCUT2D eigenvalue weighted by Crippen LogP contribution is -1.76. The van der Waals surface area contributed by atoms with Crippen molar-refractivity contribution in [2.75, 3.05) is 0 Å². The van der Waals surface area contributed by atoms with Crippen LogP contribution in [-0.4, -0.2) is 0 Å². The molecule has 0 aromatic heterocycles. The number of rotatable bonds is 2. The molecule has 0 bridgehead atoms. The Morgan fingerprint density at radius 2 is 2.36 bits per heavy atom. The smallest absolute Gasteiger partial charge is 0.133 e. The molecule has 0 radical (unpaired) electrons. The summed E-state index contributed by atoms with van der Waals surface area (Å²) in [5.74, 6) is 0.705. The molecule has 0 atom stereocenters. The molecule has 11 heavy (non-hydrogen) atoms. The van der Waals surface area contributed by atoms with Gasteiger partial charge in [-0.3, -0.25) is 0 Å². The molecule has 1 aromatic rings. The molecule has 0 unspecified atom stereocenters. The van der Waals surface area contributed by atoms with Gasteiger partial charge in [0.2, 0.25) is 0 Å². The van der Waals surface area contributed by atoms with Crippen LogP contribution < -0.4 is 0 Å². The SMILES string of the molecule is N#CSCc1cccc(Cl)c1. The summed E-state index contributed by atoms with van der Waals surface area (Å²) >= 11 is 6.95. The standard InChI is InChI=1S/C8H6ClNS/c9-8-3-1-2-7(4-8)5-11-6-10/h1-4H,5H2. The Bertz CT molecular complexity index is 280. The highest BCUT2D eigenvalue weighted by atomic mass is 35.5. The van der Waals surface area contributed by atoms with Crippen molar-refractivity contribution in [2.45, 2.75) is 5.75 Å². The van der Waals surface area contributed by atoms with Gasteiger partial charge in [0.05, 0.1) is 0 Å². The Morgan fingerprint density at radius 1 is 1.55 bits per heavy atom. The van der Waals surface area contributed by atoms with Crippen LogP contribution in [-0.2, 0) is 5.75 Å². The van der Waals surface area contributed by atoms with E-state index in [2.05, 4.69) is 0 Å². The highest BCUT2D eigenvalue weighted by molar-refractivity contribution is 8.02. The maximum Gasteiger partial charge on any atom is 0.133 e. The maximum atomic E-state index is 8.28. The summed E-state index contributed by atoms with van der Waals surface area (Å²) in [6, 6.07) is 7.53. The van der Waals surface area contributed by atoms with E-state index in [1.807, 2.05) is 29.7 Å². The number of hydrogen-bond donors (Lipinski definition) is 0. The van der Waals surface area contributed by atoms with E-state index in [1.165, 1.54) is 11.8 Å². The van der Waals surface area contributed by atoms with Gasteiger partial charge in [-0.15, -0.1) is 0 Å². The van der Waals surface area contributed by atoms with E-state index in [0.717, 1.165) is 10.6 Å². The van der Waals surface area contributed by atoms with Gasteiger partial charge in [-0.2, -0.15) is 5.26 Å². The number of benzene rings is 1.